The van der Waals surface area contributed by atoms with E-state index in [1.807, 2.05) is 7.05 Å². The van der Waals surface area contributed by atoms with Crippen LogP contribution in [0.1, 0.15) is 49.3 Å². The number of thioether (sulfide) groups is 1. The second-order valence-corrected chi connectivity index (χ2v) is 15.1. The number of β-lactam (4-membered cyclic amide) rings is 1. The van der Waals surface area contributed by atoms with Gasteiger partial charge in [0.1, 0.15) is 23.7 Å². The summed E-state index contributed by atoms with van der Waals surface area (Å²) in [6.07, 6.45) is 4.46. The number of quaternary nitrogens is 1. The third-order valence-corrected chi connectivity index (χ3v) is 11.0. The molecule has 0 spiro atoms. The monoisotopic (exact) mass is 813 g/mol. The second kappa shape index (κ2) is 19.8. The van der Waals surface area contributed by atoms with E-state index < -0.39 is 17.3 Å². The number of nitrogens with one attached hydrogen (secondary N) is 2. The lowest BCUT2D eigenvalue weighted by molar-refractivity contribution is -0.912. The number of phenols is 2. The molecule has 18 nitrogen and oxygen atoms in total. The summed E-state index contributed by atoms with van der Waals surface area (Å²) in [5.74, 6) is -1.60. The summed E-state index contributed by atoms with van der Waals surface area (Å²) in [5.41, 5.74) is 5.32. The summed E-state index contributed by atoms with van der Waals surface area (Å²) in [7, 11) is 5.18. The number of likely N-dealkylation sites (tertiary alicyclic amines) is 1. The van der Waals surface area contributed by atoms with Gasteiger partial charge in [-0.3, -0.25) is 19.3 Å². The summed E-state index contributed by atoms with van der Waals surface area (Å²) >= 11 is 8.10. The van der Waals surface area contributed by atoms with Crippen molar-refractivity contribution in [2.24, 2.45) is 5.16 Å². The number of nitrogens with two attached hydrogens (primary N) is 1. The molecule has 21 heteroatoms. The average Bonchev–Trinajstić information content (AvgIpc) is 3.80. The van der Waals surface area contributed by atoms with E-state index in [0.717, 1.165) is 66.5 Å². The zero-order chi connectivity index (χ0) is 40.2. The molecule has 2 fully saturated rings. The molecule has 2 saturated heterocycles. The molecule has 0 saturated carbocycles. The Morgan fingerprint density at radius 1 is 1.22 bits per heavy atom. The van der Waals surface area contributed by atoms with Crippen LogP contribution < -0.4 is 16.4 Å². The molecule has 2 aromatic rings. The van der Waals surface area contributed by atoms with Crippen molar-refractivity contribution in [1.29, 1.82) is 0 Å². The zero-order valence-electron chi connectivity index (χ0n) is 30.5. The number of benzene rings is 1. The van der Waals surface area contributed by atoms with Gasteiger partial charge in [0.05, 0.1) is 31.8 Å². The molecule has 0 radical (unpaired) electrons. The van der Waals surface area contributed by atoms with Gasteiger partial charge in [0.15, 0.2) is 40.7 Å². The van der Waals surface area contributed by atoms with Crippen LogP contribution in [-0.4, -0.2) is 147 Å². The van der Waals surface area contributed by atoms with Crippen LogP contribution in [-0.2, 0) is 28.8 Å². The molecule has 2 atom stereocenters. The van der Waals surface area contributed by atoms with Crippen molar-refractivity contribution in [3.63, 3.8) is 0 Å². The van der Waals surface area contributed by atoms with E-state index in [-0.39, 0.29) is 56.3 Å². The minimum absolute atomic E-state index is 0.00155. The Balaban J connectivity index is 0.000000240. The van der Waals surface area contributed by atoms with E-state index in [9.17, 15) is 24.0 Å². The lowest BCUT2D eigenvalue weighted by Crippen LogP contribution is -2.69. The van der Waals surface area contributed by atoms with E-state index >= 15 is 0 Å². The topological polar surface area (TPSA) is 256 Å². The predicted octanol–water partition coefficient (Wildman–Crippen LogP) is 1.60. The van der Waals surface area contributed by atoms with E-state index in [4.69, 9.17) is 42.2 Å². The first-order valence-electron chi connectivity index (χ1n) is 16.7. The number of ether oxygens (including phenoxy) is 1. The number of nitrogen functional groups attached to an aromatic ring is 1. The minimum Gasteiger partial charge on any atom is -0.504 e. The van der Waals surface area contributed by atoms with Crippen molar-refractivity contribution in [2.45, 2.75) is 50.1 Å². The number of aromatic hydroxyl groups is 2. The molecule has 0 aliphatic carbocycles. The number of aldehydes is 2. The highest BCUT2D eigenvalue weighted by atomic mass is 35.5. The number of fused-ring (bicyclic) bond motifs is 1. The van der Waals surface area contributed by atoms with Gasteiger partial charge < -0.3 is 45.7 Å². The lowest BCUT2D eigenvalue weighted by atomic mass is 10.0. The van der Waals surface area contributed by atoms with Crippen molar-refractivity contribution < 1.29 is 53.3 Å². The molecule has 3 aliphatic rings. The van der Waals surface area contributed by atoms with E-state index in [1.54, 1.807) is 23.7 Å². The number of carbonyl (C=O) groups is 5. The molecule has 1 unspecified atom stereocenters. The number of carbonyl (C=O) groups excluding carboxylic acids is 4. The lowest BCUT2D eigenvalue weighted by Gasteiger charge is -2.50. The maximum atomic E-state index is 12.5. The van der Waals surface area contributed by atoms with Gasteiger partial charge in [-0.25, -0.2) is 9.59 Å². The molecular weight excluding hydrogens is 768 g/mol. The number of methoxy groups -OCH3 is 1. The first-order chi connectivity index (χ1) is 25.6. The van der Waals surface area contributed by atoms with Crippen LogP contribution in [0.3, 0.4) is 0 Å². The summed E-state index contributed by atoms with van der Waals surface area (Å²) in [5, 5.41) is 36.4. The first kappa shape index (κ1) is 44.1. The smallest absolute Gasteiger partial charge is 0.355 e. The van der Waals surface area contributed by atoms with Crippen LogP contribution in [0.4, 0.5) is 5.13 Å². The Morgan fingerprint density at radius 2 is 1.91 bits per heavy atom. The van der Waals surface area contributed by atoms with Crippen LogP contribution in [0.15, 0.2) is 28.6 Å². The Kier molecular flexibility index (Phi) is 16.2. The van der Waals surface area contributed by atoms with E-state index in [2.05, 4.69) is 25.1 Å². The Labute approximate surface area is 325 Å². The van der Waals surface area contributed by atoms with Gasteiger partial charge >= 0.3 is 11.9 Å². The summed E-state index contributed by atoms with van der Waals surface area (Å²) in [4.78, 5) is 66.9. The number of aliphatic carboxylic acids is 1. The standard InChI is InChI=1S/C18H31N4O3S.C8H10N4O4S.C7H5ClO3/c1-19-7-6-10-22(8-4-5-9-22)11-13-12-26-17-14(20-2)16(23)21(17)15(13)18(24)25-3;1-8(2,6(14)15)16-11-4(3-13)5-10-7(9)17-12-5;8-6-4(3-9)1-2-5(10)7(6)11/h14,17,19-20H,4-12H2,1-3H3;3H,1-2H3,(H,14,15)(H2,9,10,12);1-3,10-11H/q+1;;/b;11-4+;/t14-,17?;;/m1../s1. The number of aromatic nitrogens is 2. The SMILES string of the molecule is CC(C)(O/N=C(\C=O)c1nsc(N)n1)C(=O)O.CNCCC[N+]1(CC2=C(C(=O)OC)N3C(=O)[C@@H](NC)C3SC2)CCCC1.O=Cc1ccc(O)c(O)c1Cl. The van der Waals surface area contributed by atoms with Crippen molar-refractivity contribution in [1.82, 2.24) is 24.9 Å². The molecule has 0 bridgehead atoms. The van der Waals surface area contributed by atoms with Crippen LogP contribution in [0.25, 0.3) is 0 Å². The van der Waals surface area contributed by atoms with Crippen molar-refractivity contribution in [3.8, 4) is 11.5 Å². The third kappa shape index (κ3) is 10.7. The summed E-state index contributed by atoms with van der Waals surface area (Å²) in [6, 6.07) is 2.32. The average molecular weight is 814 g/mol. The fourth-order valence-corrected chi connectivity index (χ4v) is 7.85. The highest BCUT2D eigenvalue weighted by Crippen LogP contribution is 2.41. The second-order valence-electron chi connectivity index (χ2n) is 12.9. The molecule has 1 aromatic carbocycles. The first-order valence-corrected chi connectivity index (χ1v) is 18.9. The number of halogens is 1. The van der Waals surface area contributed by atoms with Crippen LogP contribution in [0.5, 0.6) is 11.5 Å². The number of oxime groups is 1. The number of amides is 1. The van der Waals surface area contributed by atoms with Gasteiger partial charge in [-0.1, -0.05) is 16.8 Å². The number of likely N-dealkylation sites (N-methyl/N-ethyl adjacent to an activating group) is 1. The molecular formula is C33H46ClN8O10S2+. The number of esters is 1. The number of rotatable bonds is 14. The van der Waals surface area contributed by atoms with Gasteiger partial charge in [-0.15, -0.1) is 11.8 Å². The van der Waals surface area contributed by atoms with E-state index in [0.29, 0.717) is 18.3 Å². The molecule has 4 heterocycles. The van der Waals surface area contributed by atoms with Crippen LogP contribution in [0, 0.1) is 0 Å². The van der Waals surface area contributed by atoms with Gasteiger partial charge in [0.2, 0.25) is 11.5 Å². The predicted molar refractivity (Wildman–Crippen MR) is 202 cm³/mol. The van der Waals surface area contributed by atoms with Crippen molar-refractivity contribution in [2.75, 3.05) is 65.4 Å². The number of hydrogen-bond donors (Lipinski definition) is 6. The number of phenolic OH excluding ortho intramolecular Hbond substituents is 2. The molecule has 3 aliphatic heterocycles. The highest BCUT2D eigenvalue weighted by molar-refractivity contribution is 8.00. The number of hydrogen-bond acceptors (Lipinski definition) is 17. The van der Waals surface area contributed by atoms with Crippen molar-refractivity contribution >= 4 is 76.2 Å². The van der Waals surface area contributed by atoms with Gasteiger partial charge in [-0.05, 0) is 40.1 Å². The maximum Gasteiger partial charge on any atom is 0.355 e. The fourth-order valence-electron chi connectivity index (χ4n) is 5.80. The molecule has 7 N–H and O–H groups in total. The maximum absolute atomic E-state index is 12.5. The van der Waals surface area contributed by atoms with E-state index in [1.165, 1.54) is 45.9 Å². The zero-order valence-corrected chi connectivity index (χ0v) is 32.9. The molecule has 54 heavy (non-hydrogen) atoms. The number of nitrogens with zero attached hydrogens (tertiary/aromatic N) is 5. The summed E-state index contributed by atoms with van der Waals surface area (Å²) in [6.45, 7) is 7.87. The number of anilines is 1. The molecule has 5 rings (SSSR count). The normalized spacial score (nSPS) is 19.0. The van der Waals surface area contributed by atoms with Gasteiger partial charge in [-0.2, -0.15) is 9.36 Å². The molecule has 1 amide bonds. The molecule has 1 aromatic heterocycles. The minimum atomic E-state index is -1.55. The number of carboxylic acids is 1. The van der Waals surface area contributed by atoms with Crippen LogP contribution in [0.2, 0.25) is 5.02 Å². The number of carboxylic acid groups (broad SMARTS) is 1. The Bertz CT molecular complexity index is 1750. The molecule has 296 valence electrons. The fraction of sp³-hybridized carbons (Fsp3) is 0.515. The van der Waals surface area contributed by atoms with Crippen molar-refractivity contribution in [3.05, 3.63) is 39.8 Å². The summed E-state index contributed by atoms with van der Waals surface area (Å²) < 4.78 is 9.82. The Hall–Kier alpha value is -4.34. The highest BCUT2D eigenvalue weighted by Gasteiger charge is 2.54. The Morgan fingerprint density at radius 3 is 2.44 bits per heavy atom. The van der Waals surface area contributed by atoms with Gasteiger partial charge in [0, 0.05) is 54.2 Å². The van der Waals surface area contributed by atoms with Gasteiger partial charge in [0.25, 0.3) is 0 Å². The third-order valence-electron chi connectivity index (χ3n) is 8.76. The largest absolute Gasteiger partial charge is 0.504 e. The quantitative estimate of drug-likeness (QED) is 0.0231. The van der Waals surface area contributed by atoms with Crippen LogP contribution >= 0.6 is 34.9 Å².